The molecule has 19 heavy (non-hydrogen) atoms. The molecule has 0 heterocycles. The van der Waals surface area contributed by atoms with Crippen LogP contribution in [0, 0.1) is 12.8 Å². The van der Waals surface area contributed by atoms with E-state index in [1.165, 1.54) is 24.0 Å². The third kappa shape index (κ3) is 6.74. The zero-order valence-corrected chi connectivity index (χ0v) is 13.0. The molecule has 0 aliphatic carbocycles. The van der Waals surface area contributed by atoms with E-state index in [1.54, 1.807) is 0 Å². The van der Waals surface area contributed by atoms with E-state index in [2.05, 4.69) is 57.0 Å². The Morgan fingerprint density at radius 2 is 1.84 bits per heavy atom. The molecule has 0 aliphatic rings. The predicted molar refractivity (Wildman–Crippen MR) is 84.2 cm³/mol. The van der Waals surface area contributed by atoms with Gasteiger partial charge in [-0.1, -0.05) is 37.6 Å². The number of aryl methyl sites for hydroxylation is 1. The number of rotatable bonds is 8. The van der Waals surface area contributed by atoms with Gasteiger partial charge in [0.2, 0.25) is 0 Å². The maximum Gasteiger partial charge on any atom is 0.0233 e. The molecule has 0 spiro atoms. The summed E-state index contributed by atoms with van der Waals surface area (Å²) < 4.78 is 0. The summed E-state index contributed by atoms with van der Waals surface area (Å²) in [6.07, 6.45) is 3.67. The third-order valence-corrected chi connectivity index (χ3v) is 3.68. The predicted octanol–water partition coefficient (Wildman–Crippen LogP) is 3.58. The van der Waals surface area contributed by atoms with Crippen LogP contribution in [0.15, 0.2) is 24.3 Å². The first-order valence-electron chi connectivity index (χ1n) is 7.47. The molecule has 0 amide bonds. The fourth-order valence-electron chi connectivity index (χ4n) is 2.55. The van der Waals surface area contributed by atoms with E-state index in [9.17, 15) is 0 Å². The van der Waals surface area contributed by atoms with Crippen molar-refractivity contribution in [2.45, 2.75) is 52.6 Å². The summed E-state index contributed by atoms with van der Waals surface area (Å²) in [5, 5.41) is 0. The molecular formula is C17H30N2. The quantitative estimate of drug-likeness (QED) is 0.776. The lowest BCUT2D eigenvalue weighted by Crippen LogP contribution is -2.24. The molecule has 0 fully saturated rings. The van der Waals surface area contributed by atoms with Crippen molar-refractivity contribution < 1.29 is 0 Å². The second-order valence-corrected chi connectivity index (χ2v) is 6.14. The molecule has 2 N–H and O–H groups in total. The average molecular weight is 262 g/mol. The first-order valence-corrected chi connectivity index (χ1v) is 7.47. The van der Waals surface area contributed by atoms with Crippen LogP contribution in [-0.2, 0) is 6.54 Å². The zero-order chi connectivity index (χ0) is 14.3. The maximum atomic E-state index is 5.79. The Hall–Kier alpha value is -0.860. The van der Waals surface area contributed by atoms with Gasteiger partial charge in [-0.25, -0.2) is 0 Å². The molecule has 2 atom stereocenters. The largest absolute Gasteiger partial charge is 0.328 e. The summed E-state index contributed by atoms with van der Waals surface area (Å²) >= 11 is 0. The Morgan fingerprint density at radius 1 is 1.16 bits per heavy atom. The van der Waals surface area contributed by atoms with Gasteiger partial charge in [-0.05, 0) is 50.8 Å². The smallest absolute Gasteiger partial charge is 0.0233 e. The van der Waals surface area contributed by atoms with Crippen molar-refractivity contribution in [2.24, 2.45) is 11.7 Å². The van der Waals surface area contributed by atoms with Gasteiger partial charge in [0.05, 0.1) is 0 Å². The number of hydrogen-bond donors (Lipinski definition) is 1. The van der Waals surface area contributed by atoms with Crippen molar-refractivity contribution in [1.29, 1.82) is 0 Å². The van der Waals surface area contributed by atoms with Gasteiger partial charge < -0.3 is 10.6 Å². The topological polar surface area (TPSA) is 29.3 Å². The number of hydrogen-bond acceptors (Lipinski definition) is 2. The Bertz CT molecular complexity index is 360. The van der Waals surface area contributed by atoms with E-state index in [1.807, 2.05) is 0 Å². The van der Waals surface area contributed by atoms with E-state index in [4.69, 9.17) is 5.73 Å². The molecule has 0 saturated carbocycles. The summed E-state index contributed by atoms with van der Waals surface area (Å²) in [7, 11) is 2.22. The van der Waals surface area contributed by atoms with Crippen molar-refractivity contribution >= 4 is 0 Å². The molecule has 1 aromatic carbocycles. The highest BCUT2D eigenvalue weighted by atomic mass is 15.1. The van der Waals surface area contributed by atoms with Gasteiger partial charge in [-0.15, -0.1) is 0 Å². The van der Waals surface area contributed by atoms with Gasteiger partial charge in [0.15, 0.2) is 0 Å². The van der Waals surface area contributed by atoms with E-state index in [-0.39, 0.29) is 0 Å². The number of nitrogens with zero attached hydrogens (tertiary/aromatic N) is 1. The molecule has 1 rings (SSSR count). The first-order chi connectivity index (χ1) is 8.99. The standard InChI is InChI=1S/C17H30N2/c1-14(8-7-10-16(3)18)12-19(4)13-17-11-6-5-9-15(17)2/h5-6,9,11,14,16H,7-8,10,12-13,18H2,1-4H3. The van der Waals surface area contributed by atoms with Crippen LogP contribution in [0.4, 0.5) is 0 Å². The minimum absolute atomic E-state index is 0.344. The lowest BCUT2D eigenvalue weighted by Gasteiger charge is -2.22. The Kier molecular flexibility index (Phi) is 7.11. The van der Waals surface area contributed by atoms with Crippen molar-refractivity contribution in [1.82, 2.24) is 4.90 Å². The average Bonchev–Trinajstić information content (AvgIpc) is 2.31. The third-order valence-electron chi connectivity index (χ3n) is 3.68. The van der Waals surface area contributed by atoms with Crippen LogP contribution >= 0.6 is 0 Å². The van der Waals surface area contributed by atoms with Gasteiger partial charge in [-0.2, -0.15) is 0 Å². The molecule has 2 unspecified atom stereocenters. The molecule has 0 saturated heterocycles. The van der Waals surface area contributed by atoms with Crippen LogP contribution in [0.25, 0.3) is 0 Å². The highest BCUT2D eigenvalue weighted by Gasteiger charge is 2.08. The first kappa shape index (κ1) is 16.2. The molecular weight excluding hydrogens is 232 g/mol. The van der Waals surface area contributed by atoms with E-state index < -0.39 is 0 Å². The lowest BCUT2D eigenvalue weighted by atomic mass is 10.0. The number of benzene rings is 1. The van der Waals surface area contributed by atoms with Crippen LogP contribution in [0.3, 0.4) is 0 Å². The van der Waals surface area contributed by atoms with Gasteiger partial charge >= 0.3 is 0 Å². The summed E-state index contributed by atoms with van der Waals surface area (Å²) in [6, 6.07) is 9.00. The SMILES string of the molecule is Cc1ccccc1CN(C)CC(C)CCCC(C)N. The fourth-order valence-corrected chi connectivity index (χ4v) is 2.55. The van der Waals surface area contributed by atoms with E-state index in [0.29, 0.717) is 6.04 Å². The maximum absolute atomic E-state index is 5.79. The van der Waals surface area contributed by atoms with Crippen LogP contribution in [0.1, 0.15) is 44.2 Å². The van der Waals surface area contributed by atoms with Crippen molar-refractivity contribution in [2.75, 3.05) is 13.6 Å². The molecule has 0 radical (unpaired) electrons. The van der Waals surface area contributed by atoms with Crippen molar-refractivity contribution in [3.05, 3.63) is 35.4 Å². The summed E-state index contributed by atoms with van der Waals surface area (Å²) in [4.78, 5) is 2.43. The summed E-state index contributed by atoms with van der Waals surface area (Å²) in [6.45, 7) is 8.83. The molecule has 0 aliphatic heterocycles. The van der Waals surface area contributed by atoms with Crippen LogP contribution in [0.2, 0.25) is 0 Å². The Balaban J connectivity index is 2.30. The highest BCUT2D eigenvalue weighted by Crippen LogP contribution is 2.13. The second-order valence-electron chi connectivity index (χ2n) is 6.14. The molecule has 0 bridgehead atoms. The minimum Gasteiger partial charge on any atom is -0.328 e. The molecule has 2 heteroatoms. The zero-order valence-electron chi connectivity index (χ0n) is 13.0. The monoisotopic (exact) mass is 262 g/mol. The van der Waals surface area contributed by atoms with Gasteiger partial charge in [0.25, 0.3) is 0 Å². The minimum atomic E-state index is 0.344. The van der Waals surface area contributed by atoms with Crippen LogP contribution < -0.4 is 5.73 Å². The van der Waals surface area contributed by atoms with Gasteiger partial charge in [-0.3, -0.25) is 0 Å². The Morgan fingerprint density at radius 3 is 2.47 bits per heavy atom. The second kappa shape index (κ2) is 8.34. The van der Waals surface area contributed by atoms with Crippen LogP contribution in [-0.4, -0.2) is 24.5 Å². The summed E-state index contributed by atoms with van der Waals surface area (Å²) in [5.74, 6) is 0.743. The normalized spacial score (nSPS) is 14.6. The molecule has 1 aromatic rings. The van der Waals surface area contributed by atoms with Gasteiger partial charge in [0.1, 0.15) is 0 Å². The lowest BCUT2D eigenvalue weighted by molar-refractivity contribution is 0.267. The molecule has 108 valence electrons. The van der Waals surface area contributed by atoms with Crippen LogP contribution in [0.5, 0.6) is 0 Å². The highest BCUT2D eigenvalue weighted by molar-refractivity contribution is 5.25. The van der Waals surface area contributed by atoms with E-state index >= 15 is 0 Å². The summed E-state index contributed by atoms with van der Waals surface area (Å²) in [5.41, 5.74) is 8.61. The molecule has 0 aromatic heterocycles. The van der Waals surface area contributed by atoms with Crippen molar-refractivity contribution in [3.63, 3.8) is 0 Å². The van der Waals surface area contributed by atoms with E-state index in [0.717, 1.165) is 25.4 Å². The van der Waals surface area contributed by atoms with Gasteiger partial charge in [0, 0.05) is 19.1 Å². The molecule has 2 nitrogen and oxygen atoms in total. The van der Waals surface area contributed by atoms with Crippen molar-refractivity contribution in [3.8, 4) is 0 Å². The number of nitrogens with two attached hydrogens (primary N) is 1. The fraction of sp³-hybridized carbons (Fsp3) is 0.647. The Labute approximate surface area is 119 Å².